The fraction of sp³-hybridized carbons (Fsp3) is 0.400. The molecule has 1 N–H and O–H groups in total. The molecule has 112 valence electrons. The molecule has 6 heteroatoms. The van der Waals surface area contributed by atoms with Crippen LogP contribution in [0.1, 0.15) is 42.7 Å². The lowest BCUT2D eigenvalue weighted by molar-refractivity contribution is 0.102. The number of hydrogen-bond donors (Lipinski definition) is 1. The van der Waals surface area contributed by atoms with E-state index in [1.165, 1.54) is 0 Å². The van der Waals surface area contributed by atoms with Crippen LogP contribution in [0.15, 0.2) is 28.9 Å². The second-order valence-electron chi connectivity index (χ2n) is 4.60. The highest BCUT2D eigenvalue weighted by molar-refractivity contribution is 6.04. The third-order valence-electron chi connectivity index (χ3n) is 2.99. The quantitative estimate of drug-likeness (QED) is 0.793. The standard InChI is InChI=1S/C15H19N3O3/c1-3-5-9-20-12-8-6-7-11(10-12)15(19)16-14-13(4-2)17-21-18-14/h6-8,10H,3-5,9H2,1-2H3,(H,16,18,19). The molecule has 0 saturated carbocycles. The number of unbranched alkanes of at least 4 members (excludes halogenated alkanes) is 1. The first-order valence-electron chi connectivity index (χ1n) is 7.10. The number of carbonyl (C=O) groups is 1. The smallest absolute Gasteiger partial charge is 0.257 e. The van der Waals surface area contributed by atoms with E-state index in [0.29, 0.717) is 35.9 Å². The molecule has 2 rings (SSSR count). The van der Waals surface area contributed by atoms with Crippen LogP contribution < -0.4 is 10.1 Å². The Morgan fingerprint density at radius 2 is 2.19 bits per heavy atom. The van der Waals surface area contributed by atoms with Crippen LogP contribution in [-0.4, -0.2) is 22.8 Å². The molecule has 0 saturated heterocycles. The minimum atomic E-state index is -0.263. The number of aryl methyl sites for hydroxylation is 1. The van der Waals surface area contributed by atoms with Gasteiger partial charge in [0.05, 0.1) is 6.61 Å². The van der Waals surface area contributed by atoms with Gasteiger partial charge in [0, 0.05) is 5.56 Å². The van der Waals surface area contributed by atoms with Crippen LogP contribution in [0.4, 0.5) is 5.82 Å². The zero-order valence-corrected chi connectivity index (χ0v) is 12.3. The molecule has 0 fully saturated rings. The molecule has 0 unspecified atom stereocenters. The summed E-state index contributed by atoms with van der Waals surface area (Å²) in [6.45, 7) is 4.66. The SMILES string of the molecule is CCCCOc1cccc(C(=O)Nc2nonc2CC)c1. The highest BCUT2D eigenvalue weighted by Gasteiger charge is 2.13. The van der Waals surface area contributed by atoms with E-state index in [4.69, 9.17) is 4.74 Å². The maximum absolute atomic E-state index is 12.2. The number of hydrogen-bond acceptors (Lipinski definition) is 5. The van der Waals surface area contributed by atoms with E-state index in [1.54, 1.807) is 18.2 Å². The molecule has 2 aromatic rings. The number of aromatic nitrogens is 2. The van der Waals surface area contributed by atoms with Crippen LogP contribution in [0.3, 0.4) is 0 Å². The number of nitrogens with zero attached hydrogens (tertiary/aromatic N) is 2. The summed E-state index contributed by atoms with van der Waals surface area (Å²) in [5.74, 6) is 0.784. The van der Waals surface area contributed by atoms with Crippen molar-refractivity contribution in [2.24, 2.45) is 0 Å². The van der Waals surface area contributed by atoms with Gasteiger partial charge in [0.25, 0.3) is 5.91 Å². The first-order chi connectivity index (χ1) is 10.2. The van der Waals surface area contributed by atoms with Crippen molar-refractivity contribution in [3.8, 4) is 5.75 Å². The summed E-state index contributed by atoms with van der Waals surface area (Å²) in [7, 11) is 0. The van der Waals surface area contributed by atoms with Crippen LogP contribution in [0.5, 0.6) is 5.75 Å². The van der Waals surface area contributed by atoms with Gasteiger partial charge < -0.3 is 10.1 Å². The summed E-state index contributed by atoms with van der Waals surface area (Å²) in [6.07, 6.45) is 2.69. The van der Waals surface area contributed by atoms with Crippen molar-refractivity contribution in [3.05, 3.63) is 35.5 Å². The van der Waals surface area contributed by atoms with Crippen molar-refractivity contribution >= 4 is 11.7 Å². The van der Waals surface area contributed by atoms with Crippen LogP contribution in [-0.2, 0) is 6.42 Å². The molecule has 1 aromatic heterocycles. The fourth-order valence-electron chi connectivity index (χ4n) is 1.77. The molecular weight excluding hydrogens is 270 g/mol. The van der Waals surface area contributed by atoms with Gasteiger partial charge in [-0.15, -0.1) is 0 Å². The van der Waals surface area contributed by atoms with Gasteiger partial charge >= 0.3 is 0 Å². The molecule has 0 bridgehead atoms. The number of nitrogens with one attached hydrogen (secondary N) is 1. The summed E-state index contributed by atoms with van der Waals surface area (Å²) in [5.41, 5.74) is 1.13. The summed E-state index contributed by atoms with van der Waals surface area (Å²) in [4.78, 5) is 12.2. The Hall–Kier alpha value is -2.37. The Morgan fingerprint density at radius 3 is 2.95 bits per heavy atom. The fourth-order valence-corrected chi connectivity index (χ4v) is 1.77. The van der Waals surface area contributed by atoms with Crippen LogP contribution >= 0.6 is 0 Å². The zero-order valence-electron chi connectivity index (χ0n) is 12.3. The number of ether oxygens (including phenoxy) is 1. The van der Waals surface area contributed by atoms with E-state index < -0.39 is 0 Å². The van der Waals surface area contributed by atoms with E-state index >= 15 is 0 Å². The van der Waals surface area contributed by atoms with E-state index in [-0.39, 0.29) is 5.91 Å². The molecule has 1 aromatic carbocycles. The molecule has 6 nitrogen and oxygen atoms in total. The molecular formula is C15H19N3O3. The predicted molar refractivity (Wildman–Crippen MR) is 78.5 cm³/mol. The van der Waals surface area contributed by atoms with Crippen LogP contribution in [0.25, 0.3) is 0 Å². The Morgan fingerprint density at radius 1 is 1.33 bits per heavy atom. The summed E-state index contributed by atoms with van der Waals surface area (Å²) >= 11 is 0. The van der Waals surface area contributed by atoms with Gasteiger partial charge in [0.15, 0.2) is 0 Å². The summed E-state index contributed by atoms with van der Waals surface area (Å²) < 4.78 is 10.2. The normalized spacial score (nSPS) is 10.4. The second-order valence-corrected chi connectivity index (χ2v) is 4.60. The van der Waals surface area contributed by atoms with E-state index in [9.17, 15) is 4.79 Å². The molecule has 0 atom stereocenters. The topological polar surface area (TPSA) is 77.2 Å². The van der Waals surface area contributed by atoms with Gasteiger partial charge in [-0.05, 0) is 36.2 Å². The lowest BCUT2D eigenvalue weighted by Crippen LogP contribution is -2.13. The third-order valence-corrected chi connectivity index (χ3v) is 2.99. The number of carbonyl (C=O) groups excluding carboxylic acids is 1. The van der Waals surface area contributed by atoms with Crippen molar-refractivity contribution < 1.29 is 14.2 Å². The third kappa shape index (κ3) is 4.05. The van der Waals surface area contributed by atoms with Crippen molar-refractivity contribution in [2.45, 2.75) is 33.1 Å². The van der Waals surface area contributed by atoms with Gasteiger partial charge in [0.2, 0.25) is 5.82 Å². The van der Waals surface area contributed by atoms with E-state index in [2.05, 4.69) is 27.2 Å². The molecule has 1 heterocycles. The number of anilines is 1. The molecule has 1 amide bonds. The maximum Gasteiger partial charge on any atom is 0.257 e. The largest absolute Gasteiger partial charge is 0.494 e. The highest BCUT2D eigenvalue weighted by Crippen LogP contribution is 2.16. The van der Waals surface area contributed by atoms with Gasteiger partial charge in [-0.2, -0.15) is 0 Å². The van der Waals surface area contributed by atoms with E-state index in [0.717, 1.165) is 12.8 Å². The van der Waals surface area contributed by atoms with Gasteiger partial charge in [0.1, 0.15) is 11.4 Å². The monoisotopic (exact) mass is 289 g/mol. The molecule has 0 aliphatic rings. The Kier molecular flexibility index (Phi) is 5.31. The summed E-state index contributed by atoms with van der Waals surface area (Å²) in [5, 5.41) is 10.1. The van der Waals surface area contributed by atoms with Crippen LogP contribution in [0.2, 0.25) is 0 Å². The lowest BCUT2D eigenvalue weighted by atomic mass is 10.2. The maximum atomic E-state index is 12.2. The van der Waals surface area contributed by atoms with Crippen molar-refractivity contribution in [2.75, 3.05) is 11.9 Å². The van der Waals surface area contributed by atoms with E-state index in [1.807, 2.05) is 13.0 Å². The summed E-state index contributed by atoms with van der Waals surface area (Å²) in [6, 6.07) is 7.06. The first kappa shape index (κ1) is 15.0. The number of rotatable bonds is 7. The molecule has 0 aliphatic carbocycles. The molecule has 0 radical (unpaired) electrons. The minimum absolute atomic E-state index is 0.263. The Balaban J connectivity index is 2.03. The number of benzene rings is 1. The number of amides is 1. The van der Waals surface area contributed by atoms with Crippen molar-refractivity contribution in [1.29, 1.82) is 0 Å². The first-order valence-corrected chi connectivity index (χ1v) is 7.10. The van der Waals surface area contributed by atoms with Gasteiger partial charge in [-0.25, -0.2) is 4.63 Å². The van der Waals surface area contributed by atoms with Crippen molar-refractivity contribution in [3.63, 3.8) is 0 Å². The highest BCUT2D eigenvalue weighted by atomic mass is 16.6. The van der Waals surface area contributed by atoms with Gasteiger partial charge in [-0.1, -0.05) is 31.5 Å². The molecule has 0 spiro atoms. The average Bonchev–Trinajstić information content (AvgIpc) is 2.95. The molecule has 0 aliphatic heterocycles. The lowest BCUT2D eigenvalue weighted by Gasteiger charge is -2.07. The van der Waals surface area contributed by atoms with Gasteiger partial charge in [-0.3, -0.25) is 4.79 Å². The molecule has 21 heavy (non-hydrogen) atoms. The second kappa shape index (κ2) is 7.42. The average molecular weight is 289 g/mol. The van der Waals surface area contributed by atoms with Crippen molar-refractivity contribution in [1.82, 2.24) is 10.3 Å². The zero-order chi connectivity index (χ0) is 15.1. The Bertz CT molecular complexity index is 595. The predicted octanol–water partition coefficient (Wildman–Crippen LogP) is 3.06. The Labute approximate surface area is 123 Å². The minimum Gasteiger partial charge on any atom is -0.494 e. The van der Waals surface area contributed by atoms with Crippen LogP contribution in [0, 0.1) is 0 Å².